The van der Waals surface area contributed by atoms with E-state index in [4.69, 9.17) is 38.4 Å². The van der Waals surface area contributed by atoms with E-state index in [-0.39, 0.29) is 0 Å². The minimum atomic E-state index is 0.581. The van der Waals surface area contributed by atoms with Crippen LogP contribution in [0.4, 0.5) is 17.3 Å². The smallest absolute Gasteiger partial charge is 0.178 e. The molecule has 6 aromatic heterocycles. The van der Waals surface area contributed by atoms with Gasteiger partial charge in [0.05, 0.1) is 71.1 Å². The second-order valence-electron chi connectivity index (χ2n) is 8.89. The average Bonchev–Trinajstić information content (AvgIpc) is 3.74. The molecule has 0 unspecified atom stereocenters. The van der Waals surface area contributed by atoms with E-state index in [9.17, 15) is 0 Å². The Kier molecular flexibility index (Phi) is 8.02. The second-order valence-corrected chi connectivity index (χ2v) is 10.6. The van der Waals surface area contributed by atoms with E-state index in [0.717, 1.165) is 52.7 Å². The highest BCUT2D eigenvalue weighted by atomic mass is 79.9. The molecule has 0 saturated carbocycles. The molecule has 6 aromatic rings. The first kappa shape index (κ1) is 27.4. The number of rotatable bonds is 2. The summed E-state index contributed by atoms with van der Waals surface area (Å²) in [4.78, 5) is 8.21. The summed E-state index contributed by atoms with van der Waals surface area (Å²) in [6.07, 6.45) is 6.38. The van der Waals surface area contributed by atoms with Crippen molar-refractivity contribution >= 4 is 67.7 Å². The fourth-order valence-electron chi connectivity index (χ4n) is 4.25. The largest absolute Gasteiger partial charge is 0.382 e. The van der Waals surface area contributed by atoms with Crippen LogP contribution in [-0.2, 0) is 35.8 Å². The molecule has 0 saturated heterocycles. The van der Waals surface area contributed by atoms with E-state index < -0.39 is 0 Å². The summed E-state index contributed by atoms with van der Waals surface area (Å²) in [5.41, 5.74) is 9.85. The van der Waals surface area contributed by atoms with Crippen LogP contribution in [0.2, 0.25) is 10.0 Å². The Morgan fingerprint density at radius 2 is 1.41 bits per heavy atom. The molecule has 41 heavy (non-hydrogen) atoms. The fourth-order valence-corrected chi connectivity index (χ4v) is 5.31. The molecule has 17 heteroatoms. The third-order valence-electron chi connectivity index (χ3n) is 6.04. The van der Waals surface area contributed by atoms with Crippen molar-refractivity contribution in [2.45, 2.75) is 26.3 Å². The van der Waals surface area contributed by atoms with Gasteiger partial charge in [0.2, 0.25) is 0 Å². The number of nitrogens with two attached hydrogens (primary N) is 1. The van der Waals surface area contributed by atoms with Crippen LogP contribution in [0.1, 0.15) is 11.4 Å². The predicted molar refractivity (Wildman–Crippen MR) is 155 cm³/mol. The summed E-state index contributed by atoms with van der Waals surface area (Å²) in [6, 6.07) is 7.40. The number of hydrogen-bond acceptors (Lipinski definition) is 10. The quantitative estimate of drug-likeness (QED) is 0.279. The van der Waals surface area contributed by atoms with Gasteiger partial charge < -0.3 is 20.5 Å². The SMILES string of the molecule is Clc1cc(Br)c2ncnn2c1.Clc1cc(Nc2cc3n(n2)CCOC3)c2ncnn2c1.Nc1cc2n(n1)CCOC2. The molecule has 0 amide bonds. The van der Waals surface area contributed by atoms with Crippen molar-refractivity contribution in [2.75, 3.05) is 24.3 Å². The predicted octanol–water partition coefficient (Wildman–Crippen LogP) is 3.99. The van der Waals surface area contributed by atoms with Gasteiger partial charge in [0, 0.05) is 24.5 Å². The molecule has 0 fully saturated rings. The highest BCUT2D eigenvalue weighted by Gasteiger charge is 2.14. The van der Waals surface area contributed by atoms with E-state index in [0.29, 0.717) is 41.3 Å². The van der Waals surface area contributed by atoms with Crippen molar-refractivity contribution in [1.82, 2.24) is 48.8 Å². The molecule has 0 aliphatic carbocycles. The van der Waals surface area contributed by atoms with Gasteiger partial charge in [-0.2, -0.15) is 20.4 Å². The van der Waals surface area contributed by atoms with Crippen LogP contribution in [0.3, 0.4) is 0 Å². The van der Waals surface area contributed by atoms with E-state index in [1.54, 1.807) is 33.6 Å². The molecule has 2 aliphatic rings. The van der Waals surface area contributed by atoms with Gasteiger partial charge in [0.15, 0.2) is 17.1 Å². The maximum atomic E-state index is 6.07. The van der Waals surface area contributed by atoms with E-state index in [2.05, 4.69) is 51.6 Å². The molecule has 0 atom stereocenters. The van der Waals surface area contributed by atoms with Crippen molar-refractivity contribution in [1.29, 1.82) is 0 Å². The molecule has 0 bridgehead atoms. The van der Waals surface area contributed by atoms with Gasteiger partial charge >= 0.3 is 0 Å². The molecule has 8 rings (SSSR count). The van der Waals surface area contributed by atoms with Gasteiger partial charge in [-0.15, -0.1) is 0 Å². The number of ether oxygens (including phenoxy) is 2. The highest BCUT2D eigenvalue weighted by Crippen LogP contribution is 2.25. The zero-order valence-corrected chi connectivity index (χ0v) is 24.5. The molecule has 0 radical (unpaired) electrons. The number of nitrogens with one attached hydrogen (secondary N) is 1. The number of halogens is 3. The van der Waals surface area contributed by atoms with Crippen LogP contribution in [0.25, 0.3) is 11.3 Å². The highest BCUT2D eigenvalue weighted by molar-refractivity contribution is 9.10. The molecule has 2 aliphatic heterocycles. The number of pyridine rings is 2. The standard InChI is InChI=1S/C12H11ClN6O.C6H3BrClN3.C6H9N3O/c13-8-3-10(12-14-7-15-19(12)5-8)16-11-4-9-6-20-2-1-18(9)17-11;7-5-1-4(8)2-11-6(5)9-3-10-11;7-6-3-5-4-10-2-1-9(5)8-6/h3-5,7H,1-2,6H2,(H,16,17);1-3H;3H,1-2,4H2,(H2,7,8). The van der Waals surface area contributed by atoms with E-state index in [1.165, 1.54) is 12.7 Å². The zero-order chi connectivity index (χ0) is 28.3. The first-order chi connectivity index (χ1) is 19.9. The van der Waals surface area contributed by atoms with Crippen LogP contribution in [0.5, 0.6) is 0 Å². The molecular weight excluding hydrogens is 639 g/mol. The number of aromatic nitrogens is 10. The summed E-state index contributed by atoms with van der Waals surface area (Å²) in [6.45, 7) is 4.27. The Labute approximate surface area is 251 Å². The van der Waals surface area contributed by atoms with Crippen LogP contribution >= 0.6 is 39.1 Å². The zero-order valence-electron chi connectivity index (χ0n) is 21.4. The summed E-state index contributed by atoms with van der Waals surface area (Å²) < 4.78 is 18.5. The lowest BCUT2D eigenvalue weighted by Gasteiger charge is -2.12. The number of nitrogens with zero attached hydrogens (tertiary/aromatic N) is 10. The first-order valence-corrected chi connectivity index (χ1v) is 13.9. The summed E-state index contributed by atoms with van der Waals surface area (Å²) in [5, 5.41) is 21.0. The van der Waals surface area contributed by atoms with Crippen molar-refractivity contribution in [2.24, 2.45) is 0 Å². The van der Waals surface area contributed by atoms with Gasteiger partial charge in [-0.05, 0) is 28.1 Å². The normalized spacial score (nSPS) is 14.0. The maximum absolute atomic E-state index is 6.07. The Hall–Kier alpha value is -3.76. The summed E-state index contributed by atoms with van der Waals surface area (Å²) in [5.74, 6) is 1.33. The Bertz CT molecular complexity index is 1770. The lowest BCUT2D eigenvalue weighted by Crippen LogP contribution is -2.16. The number of hydrogen-bond donors (Lipinski definition) is 2. The van der Waals surface area contributed by atoms with Gasteiger partial charge in [-0.1, -0.05) is 23.2 Å². The molecule has 14 nitrogen and oxygen atoms in total. The second kappa shape index (κ2) is 12.0. The average molecular weight is 662 g/mol. The van der Waals surface area contributed by atoms with Gasteiger partial charge in [0.1, 0.15) is 18.5 Å². The van der Waals surface area contributed by atoms with Crippen LogP contribution < -0.4 is 11.1 Å². The van der Waals surface area contributed by atoms with Gasteiger partial charge in [-0.3, -0.25) is 9.36 Å². The number of fused-ring (bicyclic) bond motifs is 4. The van der Waals surface area contributed by atoms with Gasteiger partial charge in [0.25, 0.3) is 0 Å². The molecule has 0 aromatic carbocycles. The van der Waals surface area contributed by atoms with Crippen LogP contribution in [0.15, 0.2) is 53.8 Å². The number of nitrogen functional groups attached to an aromatic ring is 1. The summed E-state index contributed by atoms with van der Waals surface area (Å²) >= 11 is 15.2. The Balaban J connectivity index is 0.000000122. The first-order valence-electron chi connectivity index (χ1n) is 12.4. The minimum absolute atomic E-state index is 0.581. The fraction of sp³-hybridized carbons (Fsp3) is 0.250. The monoisotopic (exact) mass is 660 g/mol. The number of anilines is 3. The van der Waals surface area contributed by atoms with Gasteiger partial charge in [-0.25, -0.2) is 19.0 Å². The van der Waals surface area contributed by atoms with E-state index in [1.807, 2.05) is 21.5 Å². The van der Waals surface area contributed by atoms with E-state index >= 15 is 0 Å². The minimum Gasteiger partial charge on any atom is -0.382 e. The van der Waals surface area contributed by atoms with Crippen molar-refractivity contribution in [3.05, 3.63) is 75.2 Å². The van der Waals surface area contributed by atoms with Crippen molar-refractivity contribution in [3.8, 4) is 0 Å². The molecule has 8 heterocycles. The van der Waals surface area contributed by atoms with Crippen molar-refractivity contribution in [3.63, 3.8) is 0 Å². The van der Waals surface area contributed by atoms with Crippen molar-refractivity contribution < 1.29 is 9.47 Å². The summed E-state index contributed by atoms with van der Waals surface area (Å²) in [7, 11) is 0. The molecular formula is C24H23BrCl2N12O2. The molecule has 3 N–H and O–H groups in total. The lowest BCUT2D eigenvalue weighted by atomic mass is 10.3. The van der Waals surface area contributed by atoms with Crippen LogP contribution in [-0.4, -0.2) is 62.0 Å². The third-order valence-corrected chi connectivity index (χ3v) is 7.04. The van der Waals surface area contributed by atoms with Crippen LogP contribution in [0, 0.1) is 0 Å². The molecule has 212 valence electrons. The third kappa shape index (κ3) is 6.28. The molecule has 0 spiro atoms. The topological polar surface area (TPSA) is 153 Å². The Morgan fingerprint density at radius 1 is 0.805 bits per heavy atom. The lowest BCUT2D eigenvalue weighted by molar-refractivity contribution is 0.0800. The Morgan fingerprint density at radius 3 is 2.10 bits per heavy atom. The maximum Gasteiger partial charge on any atom is 0.178 e.